The summed E-state index contributed by atoms with van der Waals surface area (Å²) in [6.45, 7) is 2.12. The van der Waals surface area contributed by atoms with E-state index < -0.39 is 29.3 Å². The van der Waals surface area contributed by atoms with E-state index in [0.29, 0.717) is 23.5 Å². The summed E-state index contributed by atoms with van der Waals surface area (Å²) in [5.41, 5.74) is 2.85. The van der Waals surface area contributed by atoms with Crippen LogP contribution < -0.4 is 4.74 Å². The molecule has 0 radical (unpaired) electrons. The Balaban J connectivity index is 1.52. The smallest absolute Gasteiger partial charge is 0.295 e. The predicted octanol–water partition coefficient (Wildman–Crippen LogP) is 5.73. The molecule has 0 saturated carbocycles. The minimum atomic E-state index is -0.879. The van der Waals surface area contributed by atoms with Crippen molar-refractivity contribution >= 4 is 17.4 Å². The fraction of sp³-hybridized carbons (Fsp3) is 0.129. The van der Waals surface area contributed by atoms with Crippen LogP contribution in [0, 0.1) is 12.7 Å². The number of amides is 1. The summed E-state index contributed by atoms with van der Waals surface area (Å²) in [6.07, 6.45) is 3.21. The van der Waals surface area contributed by atoms with E-state index in [1.54, 1.807) is 55.7 Å². The molecule has 0 bridgehead atoms. The van der Waals surface area contributed by atoms with Crippen LogP contribution in [0.25, 0.3) is 5.76 Å². The van der Waals surface area contributed by atoms with E-state index in [0.717, 1.165) is 11.1 Å². The molecule has 1 aliphatic heterocycles. The van der Waals surface area contributed by atoms with Gasteiger partial charge in [0.25, 0.3) is 11.7 Å². The highest BCUT2D eigenvalue weighted by molar-refractivity contribution is 6.46. The Bertz CT molecular complexity index is 1500. The number of aryl methyl sites for hydroxylation is 1. The minimum absolute atomic E-state index is 0.0923. The van der Waals surface area contributed by atoms with Gasteiger partial charge in [0.2, 0.25) is 0 Å². The quantitative estimate of drug-likeness (QED) is 0.196. The maximum atomic E-state index is 14.3. The van der Waals surface area contributed by atoms with Gasteiger partial charge in [0.05, 0.1) is 11.6 Å². The number of rotatable bonds is 7. The number of halogens is 1. The third-order valence-corrected chi connectivity index (χ3v) is 6.53. The van der Waals surface area contributed by atoms with E-state index in [2.05, 4.69) is 4.98 Å². The van der Waals surface area contributed by atoms with Gasteiger partial charge < -0.3 is 14.7 Å². The van der Waals surface area contributed by atoms with E-state index in [1.165, 1.54) is 23.1 Å². The standard InChI is InChI=1S/C31H25FN2O4/c1-20-7-8-24(17-26(20)32)29(35)27-28(34(31(37)30(27)36)18-21-13-15-33-16-14-21)23-9-11-25(12-10-23)38-19-22-5-3-2-4-6-22/h2-17,28,35H,18-19H2,1H3/t28-/m1/s1. The van der Waals surface area contributed by atoms with Crippen LogP contribution in [0.3, 0.4) is 0 Å². The number of carbonyl (C=O) groups excluding carboxylic acids is 2. The zero-order valence-corrected chi connectivity index (χ0v) is 20.7. The molecule has 1 N–H and O–H groups in total. The number of aliphatic hydroxyl groups excluding tert-OH is 1. The lowest BCUT2D eigenvalue weighted by Crippen LogP contribution is -2.29. The molecule has 190 valence electrons. The second-order valence-corrected chi connectivity index (χ2v) is 9.09. The molecule has 0 aliphatic carbocycles. The highest BCUT2D eigenvalue weighted by Crippen LogP contribution is 2.40. The monoisotopic (exact) mass is 508 g/mol. The van der Waals surface area contributed by atoms with Crippen LogP contribution in [-0.2, 0) is 22.7 Å². The van der Waals surface area contributed by atoms with Crippen molar-refractivity contribution in [2.45, 2.75) is 26.1 Å². The van der Waals surface area contributed by atoms with Gasteiger partial charge in [-0.05, 0) is 59.5 Å². The van der Waals surface area contributed by atoms with Gasteiger partial charge >= 0.3 is 0 Å². The first kappa shape index (κ1) is 24.9. The molecule has 4 aromatic rings. The van der Waals surface area contributed by atoms with Crippen LogP contribution in [0.5, 0.6) is 5.75 Å². The fourth-order valence-electron chi connectivity index (χ4n) is 4.46. The molecule has 6 nitrogen and oxygen atoms in total. The maximum absolute atomic E-state index is 14.3. The van der Waals surface area contributed by atoms with E-state index in [9.17, 15) is 19.1 Å². The van der Waals surface area contributed by atoms with E-state index in [1.807, 2.05) is 30.3 Å². The van der Waals surface area contributed by atoms with Gasteiger partial charge in [-0.1, -0.05) is 54.6 Å². The fourth-order valence-corrected chi connectivity index (χ4v) is 4.46. The third kappa shape index (κ3) is 5.04. The van der Waals surface area contributed by atoms with Crippen LogP contribution in [0.15, 0.2) is 103 Å². The number of aliphatic hydroxyl groups is 1. The molecule has 1 amide bonds. The van der Waals surface area contributed by atoms with Crippen LogP contribution in [0.2, 0.25) is 0 Å². The average Bonchev–Trinajstić information content (AvgIpc) is 3.19. The summed E-state index contributed by atoms with van der Waals surface area (Å²) >= 11 is 0. The normalized spacial score (nSPS) is 16.6. The maximum Gasteiger partial charge on any atom is 0.295 e. The molecule has 3 aromatic carbocycles. The highest BCUT2D eigenvalue weighted by atomic mass is 19.1. The van der Waals surface area contributed by atoms with Gasteiger partial charge in [-0.2, -0.15) is 0 Å². The van der Waals surface area contributed by atoms with Crippen LogP contribution in [0.4, 0.5) is 4.39 Å². The van der Waals surface area contributed by atoms with Crippen LogP contribution in [-0.4, -0.2) is 26.7 Å². The number of aromatic nitrogens is 1. The summed E-state index contributed by atoms with van der Waals surface area (Å²) in [7, 11) is 0. The Hall–Kier alpha value is -4.78. The van der Waals surface area contributed by atoms with Crippen LogP contribution in [0.1, 0.15) is 33.9 Å². The molecule has 5 rings (SSSR count). The number of nitrogens with zero attached hydrogens (tertiary/aromatic N) is 2. The van der Waals surface area contributed by atoms with Crippen molar-refractivity contribution in [1.82, 2.24) is 9.88 Å². The molecule has 7 heteroatoms. The van der Waals surface area contributed by atoms with Crippen LogP contribution >= 0.6 is 0 Å². The molecule has 0 unspecified atom stereocenters. The molecule has 38 heavy (non-hydrogen) atoms. The molecule has 2 heterocycles. The number of benzene rings is 3. The molecular formula is C31H25FN2O4. The lowest BCUT2D eigenvalue weighted by Gasteiger charge is -2.25. The Labute approximate surface area is 219 Å². The van der Waals surface area contributed by atoms with E-state index in [4.69, 9.17) is 4.74 Å². The largest absolute Gasteiger partial charge is 0.507 e. The Kier molecular flexibility index (Phi) is 7.00. The third-order valence-electron chi connectivity index (χ3n) is 6.53. The first-order chi connectivity index (χ1) is 18.4. The predicted molar refractivity (Wildman–Crippen MR) is 140 cm³/mol. The summed E-state index contributed by atoms with van der Waals surface area (Å²) in [6, 6.07) is 23.6. The second-order valence-electron chi connectivity index (χ2n) is 9.09. The second kappa shape index (κ2) is 10.7. The van der Waals surface area contributed by atoms with E-state index >= 15 is 0 Å². The van der Waals surface area contributed by atoms with Crippen molar-refractivity contribution in [3.8, 4) is 5.75 Å². The van der Waals surface area contributed by atoms with Gasteiger partial charge in [0.1, 0.15) is 23.9 Å². The van der Waals surface area contributed by atoms with Gasteiger partial charge in [0, 0.05) is 24.5 Å². The van der Waals surface area contributed by atoms with Crippen molar-refractivity contribution in [1.29, 1.82) is 0 Å². The number of ketones is 1. The molecule has 0 spiro atoms. The zero-order valence-electron chi connectivity index (χ0n) is 20.7. The van der Waals surface area contributed by atoms with Crippen molar-refractivity contribution < 1.29 is 23.8 Å². The first-order valence-electron chi connectivity index (χ1n) is 12.1. The van der Waals surface area contributed by atoms with Crippen molar-refractivity contribution in [3.05, 3.63) is 137 Å². The SMILES string of the molecule is Cc1ccc(C(O)=C2C(=O)C(=O)N(Cc3ccncc3)[C@@H]2c2ccc(OCc3ccccc3)cc2)cc1F. The zero-order chi connectivity index (χ0) is 26.6. The highest BCUT2D eigenvalue weighted by Gasteiger charge is 2.46. The first-order valence-corrected chi connectivity index (χ1v) is 12.1. The summed E-state index contributed by atoms with van der Waals surface area (Å²) < 4.78 is 20.2. The van der Waals surface area contributed by atoms with Gasteiger partial charge in [-0.15, -0.1) is 0 Å². The number of hydrogen-bond donors (Lipinski definition) is 1. The van der Waals surface area contributed by atoms with E-state index in [-0.39, 0.29) is 17.7 Å². The van der Waals surface area contributed by atoms with Gasteiger partial charge in [-0.25, -0.2) is 4.39 Å². The summed E-state index contributed by atoms with van der Waals surface area (Å²) in [4.78, 5) is 31.9. The van der Waals surface area contributed by atoms with Crippen molar-refractivity contribution in [2.75, 3.05) is 0 Å². The van der Waals surface area contributed by atoms with Crippen molar-refractivity contribution in [2.24, 2.45) is 0 Å². The number of ether oxygens (including phenoxy) is 1. The molecule has 1 aromatic heterocycles. The number of hydrogen-bond acceptors (Lipinski definition) is 5. The Morgan fingerprint density at radius 3 is 2.34 bits per heavy atom. The van der Waals surface area contributed by atoms with Gasteiger partial charge in [0.15, 0.2) is 0 Å². The molecule has 1 fully saturated rings. The molecule has 1 aliphatic rings. The lowest BCUT2D eigenvalue weighted by molar-refractivity contribution is -0.140. The molecular weight excluding hydrogens is 483 g/mol. The van der Waals surface area contributed by atoms with Gasteiger partial charge in [-0.3, -0.25) is 14.6 Å². The Morgan fingerprint density at radius 2 is 1.66 bits per heavy atom. The number of carbonyl (C=O) groups is 2. The number of Topliss-reactive ketones (excluding diaryl/α,β-unsaturated/α-hetero) is 1. The summed E-state index contributed by atoms with van der Waals surface area (Å²) in [5.74, 6) is -1.90. The minimum Gasteiger partial charge on any atom is -0.507 e. The van der Waals surface area contributed by atoms with Crippen molar-refractivity contribution in [3.63, 3.8) is 0 Å². The number of pyridine rings is 1. The molecule has 1 atom stereocenters. The lowest BCUT2D eigenvalue weighted by atomic mass is 9.94. The Morgan fingerprint density at radius 1 is 0.947 bits per heavy atom. The summed E-state index contributed by atoms with van der Waals surface area (Å²) in [5, 5.41) is 11.2. The average molecular weight is 509 g/mol. The number of likely N-dealkylation sites (tertiary alicyclic amines) is 1. The molecule has 1 saturated heterocycles. The topological polar surface area (TPSA) is 79.7 Å².